The van der Waals surface area contributed by atoms with Crippen LogP contribution >= 0.6 is 0 Å². The van der Waals surface area contributed by atoms with Gasteiger partial charge in [0.1, 0.15) is 0 Å². The van der Waals surface area contributed by atoms with Gasteiger partial charge in [-0.1, -0.05) is 44.1 Å². The zero-order chi connectivity index (χ0) is 8.10. The van der Waals surface area contributed by atoms with Crippen LogP contribution in [0, 0.1) is 5.92 Å². The predicted molar refractivity (Wildman–Crippen MR) is 50.5 cm³/mol. The first-order valence-corrected chi connectivity index (χ1v) is 4.75. The molecule has 0 aromatic rings. The third-order valence-corrected chi connectivity index (χ3v) is 2.39. The van der Waals surface area contributed by atoms with Crippen LogP contribution in [0.1, 0.15) is 39.5 Å². The maximum absolute atomic E-state index is 2.32. The number of hydrogen-bond donors (Lipinski definition) is 0. The van der Waals surface area contributed by atoms with Crippen LogP contribution in [0.4, 0.5) is 0 Å². The Labute approximate surface area is 70.0 Å². The first-order valence-electron chi connectivity index (χ1n) is 4.75. The van der Waals surface area contributed by atoms with Crippen molar-refractivity contribution in [2.45, 2.75) is 39.5 Å². The monoisotopic (exact) mass is 150 g/mol. The number of rotatable bonds is 4. The average molecular weight is 150 g/mol. The Morgan fingerprint density at radius 1 is 1.36 bits per heavy atom. The average Bonchev–Trinajstić information content (AvgIpc) is 2.47. The number of unbranched alkanes of at least 4 members (excludes halogenated alkanes) is 1. The molecule has 1 unspecified atom stereocenters. The van der Waals surface area contributed by atoms with Crippen molar-refractivity contribution in [2.24, 2.45) is 5.92 Å². The van der Waals surface area contributed by atoms with Gasteiger partial charge in [0.05, 0.1) is 0 Å². The molecule has 0 N–H and O–H groups in total. The fraction of sp³-hybridized carbons (Fsp3) is 0.636. The molecule has 0 nitrogen and oxygen atoms in total. The molecule has 0 heterocycles. The molecule has 0 heteroatoms. The quantitative estimate of drug-likeness (QED) is 0.573. The van der Waals surface area contributed by atoms with Crippen molar-refractivity contribution < 1.29 is 0 Å². The summed E-state index contributed by atoms with van der Waals surface area (Å²) in [5, 5.41) is 0. The van der Waals surface area contributed by atoms with Crippen LogP contribution < -0.4 is 0 Å². The summed E-state index contributed by atoms with van der Waals surface area (Å²) in [6.07, 6.45) is 12.1. The Morgan fingerprint density at radius 3 is 2.82 bits per heavy atom. The summed E-state index contributed by atoms with van der Waals surface area (Å²) in [4.78, 5) is 0. The van der Waals surface area contributed by atoms with Crippen molar-refractivity contribution in [3.63, 3.8) is 0 Å². The van der Waals surface area contributed by atoms with Gasteiger partial charge in [-0.05, 0) is 25.2 Å². The second-order valence-electron chi connectivity index (χ2n) is 3.24. The third kappa shape index (κ3) is 2.21. The van der Waals surface area contributed by atoms with Gasteiger partial charge in [-0.3, -0.25) is 0 Å². The van der Waals surface area contributed by atoms with Crippen LogP contribution in [0.3, 0.4) is 0 Å². The summed E-state index contributed by atoms with van der Waals surface area (Å²) in [6, 6.07) is 0. The smallest absolute Gasteiger partial charge is 0.00197 e. The molecule has 1 aliphatic rings. The molecule has 0 aliphatic heterocycles. The Morgan fingerprint density at radius 2 is 2.18 bits per heavy atom. The molecule has 0 bridgehead atoms. The molecule has 0 amide bonds. The minimum absolute atomic E-state index is 0.765. The van der Waals surface area contributed by atoms with E-state index in [0.717, 1.165) is 5.92 Å². The summed E-state index contributed by atoms with van der Waals surface area (Å²) in [5.74, 6) is 0.765. The molecular formula is C11H18. The molecule has 0 saturated heterocycles. The van der Waals surface area contributed by atoms with Crippen molar-refractivity contribution in [3.8, 4) is 0 Å². The lowest BCUT2D eigenvalue weighted by atomic mass is 9.96. The molecule has 0 saturated carbocycles. The van der Waals surface area contributed by atoms with E-state index in [2.05, 4.69) is 32.1 Å². The van der Waals surface area contributed by atoms with Gasteiger partial charge in [-0.2, -0.15) is 0 Å². The van der Waals surface area contributed by atoms with E-state index < -0.39 is 0 Å². The summed E-state index contributed by atoms with van der Waals surface area (Å²) in [7, 11) is 0. The molecule has 62 valence electrons. The van der Waals surface area contributed by atoms with Crippen molar-refractivity contribution in [3.05, 3.63) is 23.8 Å². The van der Waals surface area contributed by atoms with Crippen LogP contribution in [0.25, 0.3) is 0 Å². The van der Waals surface area contributed by atoms with E-state index in [1.165, 1.54) is 25.7 Å². The van der Waals surface area contributed by atoms with E-state index in [1.807, 2.05) is 0 Å². The van der Waals surface area contributed by atoms with Gasteiger partial charge in [-0.25, -0.2) is 0 Å². The minimum Gasteiger partial charge on any atom is -0.0773 e. The Balaban J connectivity index is 2.34. The highest BCUT2D eigenvalue weighted by atomic mass is 14.2. The standard InChI is InChI=1S/C11H18/c1-3-5-7-11-9-6-8-10(11)4-2/h6,8-10H,3-5,7H2,1-2H3. The predicted octanol–water partition coefficient (Wildman–Crippen LogP) is 3.70. The summed E-state index contributed by atoms with van der Waals surface area (Å²) >= 11 is 0. The van der Waals surface area contributed by atoms with Gasteiger partial charge in [0.25, 0.3) is 0 Å². The lowest BCUT2D eigenvalue weighted by Gasteiger charge is -2.09. The van der Waals surface area contributed by atoms with E-state index in [9.17, 15) is 0 Å². The van der Waals surface area contributed by atoms with Crippen molar-refractivity contribution in [2.75, 3.05) is 0 Å². The van der Waals surface area contributed by atoms with E-state index in [-0.39, 0.29) is 0 Å². The Kier molecular flexibility index (Phi) is 3.41. The molecule has 1 atom stereocenters. The fourth-order valence-corrected chi connectivity index (χ4v) is 1.61. The number of hydrogen-bond acceptors (Lipinski definition) is 0. The zero-order valence-corrected chi connectivity index (χ0v) is 7.64. The highest BCUT2D eigenvalue weighted by Gasteiger charge is 2.10. The first-order chi connectivity index (χ1) is 5.38. The molecule has 11 heavy (non-hydrogen) atoms. The minimum atomic E-state index is 0.765. The number of allylic oxidation sites excluding steroid dienone is 4. The van der Waals surface area contributed by atoms with E-state index in [0.29, 0.717) is 0 Å². The highest BCUT2D eigenvalue weighted by molar-refractivity contribution is 5.26. The SMILES string of the molecule is CCCCC1=CC=CC1CC. The van der Waals surface area contributed by atoms with Gasteiger partial charge in [0, 0.05) is 0 Å². The second-order valence-corrected chi connectivity index (χ2v) is 3.24. The van der Waals surface area contributed by atoms with Crippen molar-refractivity contribution in [1.82, 2.24) is 0 Å². The Bertz CT molecular complexity index is 163. The summed E-state index contributed by atoms with van der Waals surface area (Å²) in [5.41, 5.74) is 1.65. The molecule has 1 aliphatic carbocycles. The lowest BCUT2D eigenvalue weighted by molar-refractivity contribution is 0.666. The normalized spacial score (nSPS) is 22.4. The van der Waals surface area contributed by atoms with E-state index in [4.69, 9.17) is 0 Å². The summed E-state index contributed by atoms with van der Waals surface area (Å²) in [6.45, 7) is 4.52. The molecule has 0 aromatic carbocycles. The molecule has 0 radical (unpaired) electrons. The Hall–Kier alpha value is -0.520. The van der Waals surface area contributed by atoms with Gasteiger partial charge in [0.15, 0.2) is 0 Å². The van der Waals surface area contributed by atoms with Crippen LogP contribution in [0.15, 0.2) is 23.8 Å². The maximum atomic E-state index is 2.32. The van der Waals surface area contributed by atoms with Gasteiger partial charge in [0.2, 0.25) is 0 Å². The first kappa shape index (κ1) is 8.58. The van der Waals surface area contributed by atoms with Crippen LogP contribution in [0.2, 0.25) is 0 Å². The highest BCUT2D eigenvalue weighted by Crippen LogP contribution is 2.26. The van der Waals surface area contributed by atoms with Crippen molar-refractivity contribution in [1.29, 1.82) is 0 Å². The maximum Gasteiger partial charge on any atom is -0.00197 e. The van der Waals surface area contributed by atoms with Gasteiger partial charge < -0.3 is 0 Å². The molecule has 0 aromatic heterocycles. The molecule has 0 fully saturated rings. The van der Waals surface area contributed by atoms with Crippen LogP contribution in [-0.2, 0) is 0 Å². The zero-order valence-electron chi connectivity index (χ0n) is 7.64. The fourth-order valence-electron chi connectivity index (χ4n) is 1.61. The third-order valence-electron chi connectivity index (χ3n) is 2.39. The largest absolute Gasteiger partial charge is 0.0773 e. The lowest BCUT2D eigenvalue weighted by Crippen LogP contribution is -1.95. The van der Waals surface area contributed by atoms with Gasteiger partial charge >= 0.3 is 0 Å². The molecular weight excluding hydrogens is 132 g/mol. The van der Waals surface area contributed by atoms with E-state index in [1.54, 1.807) is 5.57 Å². The topological polar surface area (TPSA) is 0 Å². The van der Waals surface area contributed by atoms with Gasteiger partial charge in [-0.15, -0.1) is 0 Å². The van der Waals surface area contributed by atoms with Crippen molar-refractivity contribution >= 4 is 0 Å². The summed E-state index contributed by atoms with van der Waals surface area (Å²) < 4.78 is 0. The second kappa shape index (κ2) is 4.38. The molecule has 0 spiro atoms. The molecule has 1 rings (SSSR count). The van der Waals surface area contributed by atoms with E-state index >= 15 is 0 Å². The van der Waals surface area contributed by atoms with Crippen LogP contribution in [0.5, 0.6) is 0 Å². The van der Waals surface area contributed by atoms with Crippen LogP contribution in [-0.4, -0.2) is 0 Å².